The Kier molecular flexibility index (Phi) is 7.71. The van der Waals surface area contributed by atoms with Gasteiger partial charge in [0.2, 0.25) is 0 Å². The highest BCUT2D eigenvalue weighted by molar-refractivity contribution is 14.1. The number of nitrogen functional groups attached to an aromatic ring is 1. The Balaban J connectivity index is 2.13. The van der Waals surface area contributed by atoms with Crippen LogP contribution in [0.25, 0.3) is 0 Å². The van der Waals surface area contributed by atoms with Crippen LogP contribution in [0.1, 0.15) is 24.2 Å². The fraction of sp³-hybridized carbons (Fsp3) is 0.200. The first-order valence-corrected chi connectivity index (χ1v) is 15.1. The van der Waals surface area contributed by atoms with Gasteiger partial charge in [-0.1, -0.05) is 25.6 Å². The molecule has 0 aliphatic heterocycles. The maximum atomic E-state index is 15.4. The lowest BCUT2D eigenvalue weighted by Crippen LogP contribution is -2.26. The predicted octanol–water partition coefficient (Wildman–Crippen LogP) is 5.77. The van der Waals surface area contributed by atoms with Crippen LogP contribution in [0.2, 0.25) is 19.6 Å². The number of amides is 1. The van der Waals surface area contributed by atoms with Crippen LogP contribution in [-0.2, 0) is 6.42 Å². The van der Waals surface area contributed by atoms with E-state index >= 15 is 8.78 Å². The van der Waals surface area contributed by atoms with Crippen LogP contribution in [0, 0.1) is 38.3 Å². The number of rotatable bonds is 6. The molecule has 0 unspecified atom stereocenters. The van der Waals surface area contributed by atoms with Crippen LogP contribution in [0.15, 0.2) is 36.5 Å². The van der Waals surface area contributed by atoms with E-state index in [0.29, 0.717) is 3.57 Å². The van der Waals surface area contributed by atoms with Gasteiger partial charge in [-0.2, -0.15) is 0 Å². The van der Waals surface area contributed by atoms with E-state index in [1.807, 2.05) is 42.2 Å². The molecule has 1 aromatic heterocycles. The minimum atomic E-state index is -2.51. The first kappa shape index (κ1) is 24.6. The van der Waals surface area contributed by atoms with Gasteiger partial charge >= 0.3 is 0 Å². The fourth-order valence-electron chi connectivity index (χ4n) is 3.05. The van der Waals surface area contributed by atoms with Gasteiger partial charge in [0.15, 0.2) is 23.3 Å². The topological polar surface area (TPSA) is 80.0 Å². The maximum Gasteiger partial charge on any atom is 0.254 e. The Morgan fingerprint density at radius 2 is 1.83 bits per heavy atom. The van der Waals surface area contributed by atoms with Gasteiger partial charge in [0.1, 0.15) is 13.9 Å². The number of carbonyl (C=O) groups is 1. The van der Waals surface area contributed by atoms with Crippen molar-refractivity contribution in [3.05, 3.63) is 80.1 Å². The molecule has 0 saturated heterocycles. The number of hydrogen-bond acceptors (Lipinski definition) is 4. The summed E-state index contributed by atoms with van der Waals surface area (Å²) in [5, 5.41) is 4.47. The minimum Gasteiger partial charge on any atom is -0.381 e. The van der Waals surface area contributed by atoms with E-state index in [1.54, 1.807) is 0 Å². The standard InChI is InChI=1S/C25H23F4IN4OSi/c1-36(2,3)10-4-8-33-25(35)17-12-15(11-14-7-9-32-24(31)21(14)28)20(27)22(29)23(17)34-19-6-5-16(30)13-18(19)26/h5-7,9,12-13,34H,8,11H2,1-3H3,(H2,31,32)(H,33,35)/i8D2. The Labute approximate surface area is 223 Å². The Morgan fingerprint density at radius 1 is 1.11 bits per heavy atom. The quantitative estimate of drug-likeness (QED) is 0.140. The zero-order valence-corrected chi connectivity index (χ0v) is 22.7. The number of benzene rings is 2. The lowest BCUT2D eigenvalue weighted by molar-refractivity contribution is 0.0959. The molecular formula is C25H23F4IN4OSi. The molecule has 5 nitrogen and oxygen atoms in total. The van der Waals surface area contributed by atoms with Gasteiger partial charge in [0.25, 0.3) is 5.91 Å². The Morgan fingerprint density at radius 3 is 2.50 bits per heavy atom. The lowest BCUT2D eigenvalue weighted by Gasteiger charge is -2.17. The molecule has 4 N–H and O–H groups in total. The second kappa shape index (κ2) is 11.3. The summed E-state index contributed by atoms with van der Waals surface area (Å²) in [6, 6.07) is 6.10. The number of carbonyl (C=O) groups excluding carboxylic acids is 1. The number of halogens is 5. The van der Waals surface area contributed by atoms with Gasteiger partial charge in [0, 0.05) is 16.2 Å². The zero-order chi connectivity index (χ0) is 28.4. The molecule has 0 saturated carbocycles. The largest absolute Gasteiger partial charge is 0.381 e. The van der Waals surface area contributed by atoms with Crippen LogP contribution in [-0.4, -0.2) is 25.5 Å². The third-order valence-electron chi connectivity index (χ3n) is 4.77. The third-order valence-corrected chi connectivity index (χ3v) is 6.32. The summed E-state index contributed by atoms with van der Waals surface area (Å²) in [5.41, 5.74) is 6.22. The number of hydrogen-bond donors (Lipinski definition) is 3. The summed E-state index contributed by atoms with van der Waals surface area (Å²) < 4.78 is 76.2. The van der Waals surface area contributed by atoms with Crippen LogP contribution in [0.4, 0.5) is 34.8 Å². The molecule has 188 valence electrons. The molecule has 0 aliphatic carbocycles. The van der Waals surface area contributed by atoms with Crippen molar-refractivity contribution in [2.24, 2.45) is 0 Å². The number of nitrogens with two attached hydrogens (primary N) is 1. The Hall–Kier alpha value is -3.11. The van der Waals surface area contributed by atoms with Gasteiger partial charge in [0.05, 0.1) is 26.2 Å². The minimum absolute atomic E-state index is 0.108. The van der Waals surface area contributed by atoms with Crippen molar-refractivity contribution in [1.82, 2.24) is 10.3 Å². The zero-order valence-electron chi connectivity index (χ0n) is 21.5. The number of nitrogens with one attached hydrogen (secondary N) is 2. The summed E-state index contributed by atoms with van der Waals surface area (Å²) >= 11 is 1.87. The third kappa shape index (κ3) is 6.76. The van der Waals surface area contributed by atoms with E-state index in [-0.39, 0.29) is 11.3 Å². The van der Waals surface area contributed by atoms with Gasteiger partial charge in [-0.15, -0.1) is 5.54 Å². The van der Waals surface area contributed by atoms with Crippen LogP contribution < -0.4 is 16.4 Å². The van der Waals surface area contributed by atoms with E-state index < -0.39 is 72.8 Å². The van der Waals surface area contributed by atoms with E-state index in [9.17, 15) is 13.6 Å². The average Bonchev–Trinajstić information content (AvgIpc) is 2.81. The summed E-state index contributed by atoms with van der Waals surface area (Å²) in [7, 11) is -2.02. The molecule has 0 radical (unpaired) electrons. The van der Waals surface area contributed by atoms with E-state index in [4.69, 9.17) is 8.48 Å². The van der Waals surface area contributed by atoms with Gasteiger partial charge in [-0.3, -0.25) is 4.79 Å². The summed E-state index contributed by atoms with van der Waals surface area (Å²) in [4.78, 5) is 16.8. The SMILES string of the molecule is [2H]C([2H])(C#C[Si](C)(C)C)NC(=O)c1cc(Cc2ccnc(N)c2F)c(F)c(F)c1Nc1ccc(I)cc1F. The number of pyridine rings is 1. The first-order valence-electron chi connectivity index (χ1n) is 11.6. The van der Waals surface area contributed by atoms with Crippen LogP contribution in [0.5, 0.6) is 0 Å². The van der Waals surface area contributed by atoms with Crippen molar-refractivity contribution in [2.75, 3.05) is 17.5 Å². The molecule has 1 amide bonds. The van der Waals surface area contributed by atoms with E-state index in [2.05, 4.69) is 27.1 Å². The Bertz CT molecular complexity index is 1470. The monoisotopic (exact) mass is 628 g/mol. The van der Waals surface area contributed by atoms with Crippen molar-refractivity contribution >= 4 is 53.8 Å². The first-order chi connectivity index (χ1) is 17.6. The van der Waals surface area contributed by atoms with Gasteiger partial charge < -0.3 is 16.4 Å². The average molecular weight is 628 g/mol. The molecule has 36 heavy (non-hydrogen) atoms. The normalized spacial score (nSPS) is 12.2. The molecule has 0 atom stereocenters. The van der Waals surface area contributed by atoms with Crippen molar-refractivity contribution in [2.45, 2.75) is 26.1 Å². The van der Waals surface area contributed by atoms with Gasteiger partial charge in [-0.25, -0.2) is 22.5 Å². The highest BCUT2D eigenvalue weighted by atomic mass is 127. The van der Waals surface area contributed by atoms with Gasteiger partial charge in [-0.05, 0) is 64.0 Å². The lowest BCUT2D eigenvalue weighted by atomic mass is 9.99. The van der Waals surface area contributed by atoms with E-state index in [1.165, 1.54) is 24.4 Å². The van der Waals surface area contributed by atoms with E-state index in [0.717, 1.165) is 12.1 Å². The highest BCUT2D eigenvalue weighted by Crippen LogP contribution is 2.32. The molecule has 3 aromatic rings. The highest BCUT2D eigenvalue weighted by Gasteiger charge is 2.24. The second-order valence-electron chi connectivity index (χ2n) is 8.76. The summed E-state index contributed by atoms with van der Waals surface area (Å²) in [6.45, 7) is 3.12. The summed E-state index contributed by atoms with van der Waals surface area (Å²) in [6.07, 6.45) is 0.693. The van der Waals surface area contributed by atoms with Crippen molar-refractivity contribution < 1.29 is 25.1 Å². The predicted molar refractivity (Wildman–Crippen MR) is 144 cm³/mol. The molecule has 3 rings (SSSR count). The van der Waals surface area contributed by atoms with Crippen molar-refractivity contribution in [3.63, 3.8) is 0 Å². The fourth-order valence-corrected chi connectivity index (χ4v) is 3.94. The molecule has 0 bridgehead atoms. The van der Waals surface area contributed by atoms with Crippen LogP contribution >= 0.6 is 22.6 Å². The molecule has 2 aromatic carbocycles. The summed E-state index contributed by atoms with van der Waals surface area (Å²) in [5.74, 6) is -3.90. The number of nitrogens with zero attached hydrogens (tertiary/aromatic N) is 1. The van der Waals surface area contributed by atoms with Crippen molar-refractivity contribution in [3.8, 4) is 11.5 Å². The molecular weight excluding hydrogens is 603 g/mol. The number of aromatic nitrogens is 1. The van der Waals surface area contributed by atoms with Crippen LogP contribution in [0.3, 0.4) is 0 Å². The molecule has 0 aliphatic rings. The maximum absolute atomic E-state index is 15.4. The molecule has 1 heterocycles. The number of anilines is 3. The second-order valence-corrected chi connectivity index (χ2v) is 14.8. The molecule has 0 fully saturated rings. The molecule has 11 heteroatoms. The smallest absolute Gasteiger partial charge is 0.254 e. The molecule has 0 spiro atoms. The van der Waals surface area contributed by atoms with Crippen molar-refractivity contribution in [1.29, 1.82) is 0 Å².